The predicted molar refractivity (Wildman–Crippen MR) is 81.5 cm³/mol. The van der Waals surface area contributed by atoms with Gasteiger partial charge in [-0.25, -0.2) is 14.8 Å². The third-order valence-electron chi connectivity index (χ3n) is 3.98. The number of nitrogens with zero attached hydrogens (tertiary/aromatic N) is 2. The predicted octanol–water partition coefficient (Wildman–Crippen LogP) is 2.96. The summed E-state index contributed by atoms with van der Waals surface area (Å²) in [5.74, 6) is -0.464. The standard InChI is InChI=1S/C14H21N3O2S/c1-10-11(12(18)19)8-15-13(17-10)16-9-14(20-2)6-4-3-5-7-14/h8H,3-7,9H2,1-2H3,(H,18,19)(H,15,16,17). The molecule has 5 nitrogen and oxygen atoms in total. The van der Waals surface area contributed by atoms with Crippen LogP contribution in [0.15, 0.2) is 6.20 Å². The molecule has 0 atom stereocenters. The number of nitrogens with one attached hydrogen (secondary N) is 1. The van der Waals surface area contributed by atoms with Gasteiger partial charge in [0.2, 0.25) is 5.95 Å². The molecule has 2 N–H and O–H groups in total. The van der Waals surface area contributed by atoms with E-state index < -0.39 is 5.97 Å². The molecular weight excluding hydrogens is 274 g/mol. The Morgan fingerprint density at radius 1 is 1.45 bits per heavy atom. The lowest BCUT2D eigenvalue weighted by Crippen LogP contribution is -2.36. The fraction of sp³-hybridized carbons (Fsp3) is 0.643. The quantitative estimate of drug-likeness (QED) is 0.870. The summed E-state index contributed by atoms with van der Waals surface area (Å²) in [7, 11) is 0. The first kappa shape index (κ1) is 15.1. The number of aryl methyl sites for hydroxylation is 1. The lowest BCUT2D eigenvalue weighted by atomic mass is 9.88. The first-order chi connectivity index (χ1) is 9.56. The van der Waals surface area contributed by atoms with Crippen molar-refractivity contribution in [2.45, 2.75) is 43.8 Å². The van der Waals surface area contributed by atoms with E-state index in [-0.39, 0.29) is 10.3 Å². The molecule has 1 fully saturated rings. The number of hydrogen-bond acceptors (Lipinski definition) is 5. The maximum absolute atomic E-state index is 10.9. The molecule has 0 saturated heterocycles. The Balaban J connectivity index is 2.03. The third-order valence-corrected chi connectivity index (χ3v) is 5.39. The Bertz CT molecular complexity index is 487. The molecule has 0 bridgehead atoms. The van der Waals surface area contributed by atoms with Crippen LogP contribution in [-0.4, -0.2) is 38.6 Å². The third kappa shape index (κ3) is 3.42. The van der Waals surface area contributed by atoms with Gasteiger partial charge in [-0.15, -0.1) is 0 Å². The van der Waals surface area contributed by atoms with Crippen LogP contribution in [0, 0.1) is 6.92 Å². The number of hydrogen-bond donors (Lipinski definition) is 2. The molecule has 1 saturated carbocycles. The monoisotopic (exact) mass is 295 g/mol. The van der Waals surface area contributed by atoms with Crippen molar-refractivity contribution in [3.63, 3.8) is 0 Å². The van der Waals surface area contributed by atoms with Gasteiger partial charge in [-0.1, -0.05) is 19.3 Å². The summed E-state index contributed by atoms with van der Waals surface area (Å²) in [6, 6.07) is 0. The van der Waals surface area contributed by atoms with Gasteiger partial charge in [0.15, 0.2) is 0 Å². The molecule has 0 radical (unpaired) electrons. The van der Waals surface area contributed by atoms with E-state index in [1.54, 1.807) is 6.92 Å². The lowest BCUT2D eigenvalue weighted by molar-refractivity contribution is 0.0695. The molecule has 0 unspecified atom stereocenters. The van der Waals surface area contributed by atoms with Gasteiger partial charge in [-0.2, -0.15) is 11.8 Å². The first-order valence-electron chi connectivity index (χ1n) is 6.92. The van der Waals surface area contributed by atoms with Crippen LogP contribution in [0.2, 0.25) is 0 Å². The van der Waals surface area contributed by atoms with Crippen LogP contribution in [0.3, 0.4) is 0 Å². The first-order valence-corrected chi connectivity index (χ1v) is 8.15. The average molecular weight is 295 g/mol. The molecule has 0 spiro atoms. The van der Waals surface area contributed by atoms with Crippen LogP contribution in [-0.2, 0) is 0 Å². The molecule has 1 aromatic rings. The number of aromatic carboxylic acids is 1. The Morgan fingerprint density at radius 2 is 2.15 bits per heavy atom. The lowest BCUT2D eigenvalue weighted by Gasteiger charge is -2.35. The van der Waals surface area contributed by atoms with E-state index in [9.17, 15) is 4.79 Å². The molecule has 1 aromatic heterocycles. The summed E-state index contributed by atoms with van der Waals surface area (Å²) in [4.78, 5) is 19.3. The normalized spacial score (nSPS) is 17.7. The molecule has 110 valence electrons. The molecule has 0 amide bonds. The minimum atomic E-state index is -0.984. The van der Waals surface area contributed by atoms with E-state index in [0.29, 0.717) is 11.6 Å². The number of thioether (sulfide) groups is 1. The molecule has 1 heterocycles. The summed E-state index contributed by atoms with van der Waals surface area (Å²) in [5, 5.41) is 12.2. The Morgan fingerprint density at radius 3 is 2.70 bits per heavy atom. The van der Waals surface area contributed by atoms with Crippen LogP contribution in [0.4, 0.5) is 5.95 Å². The number of carboxylic acids is 1. The van der Waals surface area contributed by atoms with E-state index in [4.69, 9.17) is 5.11 Å². The van der Waals surface area contributed by atoms with E-state index in [2.05, 4.69) is 21.5 Å². The van der Waals surface area contributed by atoms with Crippen molar-refractivity contribution in [2.24, 2.45) is 0 Å². The van der Waals surface area contributed by atoms with Gasteiger partial charge < -0.3 is 10.4 Å². The van der Waals surface area contributed by atoms with Crippen LogP contribution < -0.4 is 5.32 Å². The zero-order valence-electron chi connectivity index (χ0n) is 12.0. The molecule has 20 heavy (non-hydrogen) atoms. The van der Waals surface area contributed by atoms with Crippen molar-refractivity contribution in [1.82, 2.24) is 9.97 Å². The van der Waals surface area contributed by atoms with Crippen LogP contribution in [0.5, 0.6) is 0 Å². The van der Waals surface area contributed by atoms with Crippen LogP contribution in [0.25, 0.3) is 0 Å². The maximum Gasteiger partial charge on any atom is 0.339 e. The zero-order valence-corrected chi connectivity index (χ0v) is 12.8. The Hall–Kier alpha value is -1.30. The minimum absolute atomic E-state index is 0.160. The van der Waals surface area contributed by atoms with E-state index in [1.165, 1.54) is 38.3 Å². The highest BCUT2D eigenvalue weighted by molar-refractivity contribution is 8.00. The number of carboxylic acid groups (broad SMARTS) is 1. The zero-order chi connectivity index (χ0) is 14.6. The SMILES string of the molecule is CSC1(CNc2ncc(C(=O)O)c(C)n2)CCCCC1. The van der Waals surface area contributed by atoms with E-state index in [0.717, 1.165) is 6.54 Å². The van der Waals surface area contributed by atoms with Gasteiger partial charge in [0.05, 0.1) is 11.3 Å². The van der Waals surface area contributed by atoms with Crippen molar-refractivity contribution in [1.29, 1.82) is 0 Å². The summed E-state index contributed by atoms with van der Waals surface area (Å²) < 4.78 is 0.265. The molecular formula is C14H21N3O2S. The molecule has 1 aliphatic carbocycles. The summed E-state index contributed by atoms with van der Waals surface area (Å²) in [5.41, 5.74) is 0.657. The summed E-state index contributed by atoms with van der Waals surface area (Å²) >= 11 is 1.91. The molecule has 1 aliphatic rings. The molecule has 0 aliphatic heterocycles. The van der Waals surface area contributed by atoms with Gasteiger partial charge in [0.25, 0.3) is 0 Å². The van der Waals surface area contributed by atoms with Crippen LogP contribution >= 0.6 is 11.8 Å². The van der Waals surface area contributed by atoms with Gasteiger partial charge in [0, 0.05) is 17.5 Å². The second-order valence-corrected chi connectivity index (χ2v) is 6.57. The fourth-order valence-electron chi connectivity index (χ4n) is 2.65. The van der Waals surface area contributed by atoms with Gasteiger partial charge >= 0.3 is 5.97 Å². The number of aromatic nitrogens is 2. The van der Waals surface area contributed by atoms with Gasteiger partial charge in [0.1, 0.15) is 0 Å². The number of anilines is 1. The van der Waals surface area contributed by atoms with Crippen molar-refractivity contribution in [2.75, 3.05) is 18.1 Å². The fourth-order valence-corrected chi connectivity index (χ4v) is 3.56. The van der Waals surface area contributed by atoms with Gasteiger partial charge in [-0.3, -0.25) is 0 Å². The number of rotatable bonds is 5. The second kappa shape index (κ2) is 6.43. The van der Waals surface area contributed by atoms with E-state index >= 15 is 0 Å². The minimum Gasteiger partial charge on any atom is -0.478 e. The molecule has 2 rings (SSSR count). The molecule has 6 heteroatoms. The molecule has 0 aromatic carbocycles. The van der Waals surface area contributed by atoms with Crippen molar-refractivity contribution < 1.29 is 9.90 Å². The van der Waals surface area contributed by atoms with Crippen molar-refractivity contribution in [3.8, 4) is 0 Å². The topological polar surface area (TPSA) is 75.1 Å². The summed E-state index contributed by atoms with van der Waals surface area (Å²) in [6.45, 7) is 2.53. The largest absolute Gasteiger partial charge is 0.478 e. The second-order valence-electron chi connectivity index (χ2n) is 5.30. The van der Waals surface area contributed by atoms with E-state index in [1.807, 2.05) is 11.8 Å². The average Bonchev–Trinajstić information content (AvgIpc) is 2.46. The number of carbonyl (C=O) groups is 1. The van der Waals surface area contributed by atoms with Crippen LogP contribution in [0.1, 0.15) is 48.2 Å². The maximum atomic E-state index is 10.9. The highest BCUT2D eigenvalue weighted by atomic mass is 32.2. The highest BCUT2D eigenvalue weighted by Gasteiger charge is 2.31. The Kier molecular flexibility index (Phi) is 4.86. The van der Waals surface area contributed by atoms with Gasteiger partial charge in [-0.05, 0) is 26.0 Å². The summed E-state index contributed by atoms with van der Waals surface area (Å²) in [6.07, 6.45) is 9.85. The highest BCUT2D eigenvalue weighted by Crippen LogP contribution is 2.38. The van der Waals surface area contributed by atoms with Crippen molar-refractivity contribution >= 4 is 23.7 Å². The van der Waals surface area contributed by atoms with Crippen molar-refractivity contribution in [3.05, 3.63) is 17.5 Å². The smallest absolute Gasteiger partial charge is 0.339 e. The Labute approximate surface area is 123 Å².